The maximum absolute atomic E-state index is 13.1. The topological polar surface area (TPSA) is 32.8 Å². The highest BCUT2D eigenvalue weighted by Gasteiger charge is 2.40. The summed E-state index contributed by atoms with van der Waals surface area (Å²) in [4.78, 5) is 17.5. The van der Waals surface area contributed by atoms with Crippen LogP contribution in [0, 0.1) is 11.3 Å². The summed E-state index contributed by atoms with van der Waals surface area (Å²) in [5, 5.41) is 0. The van der Waals surface area contributed by atoms with Crippen LogP contribution in [0.25, 0.3) is 0 Å². The van der Waals surface area contributed by atoms with Crippen LogP contribution in [0.1, 0.15) is 38.7 Å². The molecule has 4 heteroatoms. The fraction of sp³-hybridized carbons (Fsp3) is 0.682. The van der Waals surface area contributed by atoms with Gasteiger partial charge in [-0.2, -0.15) is 0 Å². The third kappa shape index (κ3) is 4.86. The molecule has 4 nitrogen and oxygen atoms in total. The highest BCUT2D eigenvalue weighted by molar-refractivity contribution is 5.77. The first-order chi connectivity index (χ1) is 12.5. The van der Waals surface area contributed by atoms with E-state index < -0.39 is 0 Å². The minimum atomic E-state index is 0.0228. The lowest BCUT2D eigenvalue weighted by Crippen LogP contribution is -2.49. The molecule has 2 aliphatic heterocycles. The largest absolute Gasteiger partial charge is 0.378 e. The molecule has 26 heavy (non-hydrogen) atoms. The summed E-state index contributed by atoms with van der Waals surface area (Å²) in [5.74, 6) is 0.822. The van der Waals surface area contributed by atoms with Crippen LogP contribution in [0.4, 0.5) is 0 Å². The van der Waals surface area contributed by atoms with Gasteiger partial charge in [-0.05, 0) is 43.2 Å². The molecule has 2 atom stereocenters. The van der Waals surface area contributed by atoms with Gasteiger partial charge in [0.15, 0.2) is 0 Å². The Balaban J connectivity index is 1.75. The Morgan fingerprint density at radius 2 is 1.88 bits per heavy atom. The lowest BCUT2D eigenvalue weighted by molar-refractivity contribution is -0.139. The minimum absolute atomic E-state index is 0.0228. The van der Waals surface area contributed by atoms with E-state index in [1.807, 2.05) is 0 Å². The molecule has 3 rings (SSSR count). The average Bonchev–Trinajstić information content (AvgIpc) is 2.63. The van der Waals surface area contributed by atoms with Crippen LogP contribution in [-0.2, 0) is 16.0 Å². The zero-order chi connectivity index (χ0) is 18.6. The Morgan fingerprint density at radius 1 is 1.19 bits per heavy atom. The zero-order valence-electron chi connectivity index (χ0n) is 16.6. The number of piperazine rings is 1. The highest BCUT2D eigenvalue weighted by atomic mass is 16.5. The summed E-state index contributed by atoms with van der Waals surface area (Å²) in [7, 11) is 2.13. The van der Waals surface area contributed by atoms with Crippen LogP contribution < -0.4 is 0 Å². The third-order valence-electron chi connectivity index (χ3n) is 6.15. The molecule has 0 saturated carbocycles. The molecule has 2 saturated heterocycles. The first-order valence-electron chi connectivity index (χ1n) is 10.1. The van der Waals surface area contributed by atoms with Gasteiger partial charge in [-0.25, -0.2) is 0 Å². The van der Waals surface area contributed by atoms with Crippen LogP contribution in [0.5, 0.6) is 0 Å². The van der Waals surface area contributed by atoms with Crippen molar-refractivity contribution in [2.24, 2.45) is 11.3 Å². The number of likely N-dealkylation sites (N-methyl/N-ethyl adjacent to an activating group) is 1. The number of nitrogens with zero attached hydrogens (tertiary/aromatic N) is 2. The van der Waals surface area contributed by atoms with Gasteiger partial charge in [0.25, 0.3) is 0 Å². The van der Waals surface area contributed by atoms with E-state index in [4.69, 9.17) is 4.74 Å². The molecule has 0 aliphatic carbocycles. The van der Waals surface area contributed by atoms with Crippen molar-refractivity contribution in [1.29, 1.82) is 0 Å². The predicted molar refractivity (Wildman–Crippen MR) is 105 cm³/mol. The molecule has 0 radical (unpaired) electrons. The van der Waals surface area contributed by atoms with Crippen molar-refractivity contribution in [3.05, 3.63) is 35.9 Å². The van der Waals surface area contributed by atoms with E-state index in [1.165, 1.54) is 5.56 Å². The van der Waals surface area contributed by atoms with E-state index in [2.05, 4.69) is 61.0 Å². The van der Waals surface area contributed by atoms with Crippen molar-refractivity contribution in [3.8, 4) is 0 Å². The second-order valence-electron chi connectivity index (χ2n) is 8.63. The molecule has 2 heterocycles. The molecule has 1 aromatic carbocycles. The van der Waals surface area contributed by atoms with E-state index >= 15 is 0 Å². The van der Waals surface area contributed by atoms with Crippen LogP contribution in [-0.4, -0.2) is 61.6 Å². The zero-order valence-corrected chi connectivity index (χ0v) is 16.6. The predicted octanol–water partition coefficient (Wildman–Crippen LogP) is 3.21. The monoisotopic (exact) mass is 358 g/mol. The number of rotatable bonds is 5. The van der Waals surface area contributed by atoms with Crippen molar-refractivity contribution in [3.63, 3.8) is 0 Å². The van der Waals surface area contributed by atoms with Gasteiger partial charge >= 0.3 is 0 Å². The Labute approximate surface area is 158 Å². The van der Waals surface area contributed by atoms with Crippen LogP contribution >= 0.6 is 0 Å². The molecule has 0 N–H and O–H groups in total. The summed E-state index contributed by atoms with van der Waals surface area (Å²) in [6.07, 6.45) is 3.84. The maximum atomic E-state index is 13.1. The standard InChI is InChI=1S/C22H34N2O2/c1-18(2)20-16-22(9-14-26-20,15-19-7-5-4-6-8-19)17-21(25)24-12-10-23(3)11-13-24/h4-8,18,20H,9-17H2,1-3H3/t20-,22-/m0/s1. The molecule has 0 bridgehead atoms. The quantitative estimate of drug-likeness (QED) is 0.810. The summed E-state index contributed by atoms with van der Waals surface area (Å²) >= 11 is 0. The molecule has 0 aromatic heterocycles. The molecule has 0 unspecified atom stereocenters. The van der Waals surface area contributed by atoms with Gasteiger partial charge in [-0.15, -0.1) is 0 Å². The van der Waals surface area contributed by atoms with E-state index in [9.17, 15) is 4.79 Å². The van der Waals surface area contributed by atoms with E-state index in [0.29, 0.717) is 18.2 Å². The van der Waals surface area contributed by atoms with E-state index in [-0.39, 0.29) is 11.5 Å². The van der Waals surface area contributed by atoms with Gasteiger partial charge in [0, 0.05) is 39.2 Å². The second-order valence-corrected chi connectivity index (χ2v) is 8.63. The molecule has 0 spiro atoms. The normalized spacial score (nSPS) is 27.7. The Hall–Kier alpha value is -1.39. The first kappa shape index (κ1) is 19.4. The number of amides is 1. The summed E-state index contributed by atoms with van der Waals surface area (Å²) in [6, 6.07) is 10.7. The van der Waals surface area contributed by atoms with E-state index in [1.54, 1.807) is 0 Å². The SMILES string of the molecule is CC(C)[C@@H]1C[C@@](CC(=O)N2CCN(C)CC2)(Cc2ccccc2)CCO1. The van der Waals surface area contributed by atoms with Crippen molar-refractivity contribution < 1.29 is 9.53 Å². The Kier molecular flexibility index (Phi) is 6.36. The summed E-state index contributed by atoms with van der Waals surface area (Å²) in [6.45, 7) is 8.91. The van der Waals surface area contributed by atoms with Crippen molar-refractivity contribution in [2.45, 2.75) is 45.6 Å². The smallest absolute Gasteiger partial charge is 0.223 e. The number of hydrogen-bond acceptors (Lipinski definition) is 3. The average molecular weight is 359 g/mol. The molecular formula is C22H34N2O2. The highest BCUT2D eigenvalue weighted by Crippen LogP contribution is 2.42. The van der Waals surface area contributed by atoms with Gasteiger partial charge < -0.3 is 14.5 Å². The number of hydrogen-bond donors (Lipinski definition) is 0. The molecule has 144 valence electrons. The molecular weight excluding hydrogens is 324 g/mol. The number of carbonyl (C=O) groups excluding carboxylic acids is 1. The summed E-state index contributed by atoms with van der Waals surface area (Å²) in [5.41, 5.74) is 1.36. The number of carbonyl (C=O) groups is 1. The van der Waals surface area contributed by atoms with Crippen molar-refractivity contribution in [2.75, 3.05) is 39.8 Å². The third-order valence-corrected chi connectivity index (χ3v) is 6.15. The van der Waals surface area contributed by atoms with E-state index in [0.717, 1.165) is 52.0 Å². The fourth-order valence-corrected chi connectivity index (χ4v) is 4.34. The van der Waals surface area contributed by atoms with Gasteiger partial charge in [0.05, 0.1) is 6.10 Å². The van der Waals surface area contributed by atoms with Crippen molar-refractivity contribution >= 4 is 5.91 Å². The molecule has 2 aliphatic rings. The van der Waals surface area contributed by atoms with Gasteiger partial charge in [0.1, 0.15) is 0 Å². The van der Waals surface area contributed by atoms with Crippen LogP contribution in [0.15, 0.2) is 30.3 Å². The molecule has 2 fully saturated rings. The second kappa shape index (κ2) is 8.53. The van der Waals surface area contributed by atoms with Crippen LogP contribution in [0.2, 0.25) is 0 Å². The Morgan fingerprint density at radius 3 is 2.54 bits per heavy atom. The fourth-order valence-electron chi connectivity index (χ4n) is 4.34. The number of benzene rings is 1. The number of ether oxygens (including phenoxy) is 1. The van der Waals surface area contributed by atoms with Gasteiger partial charge in [-0.1, -0.05) is 44.2 Å². The van der Waals surface area contributed by atoms with Crippen LogP contribution in [0.3, 0.4) is 0 Å². The first-order valence-corrected chi connectivity index (χ1v) is 10.1. The van der Waals surface area contributed by atoms with Gasteiger partial charge in [-0.3, -0.25) is 4.79 Å². The lowest BCUT2D eigenvalue weighted by Gasteiger charge is -2.43. The summed E-state index contributed by atoms with van der Waals surface area (Å²) < 4.78 is 6.04. The Bertz CT molecular complexity index is 581. The van der Waals surface area contributed by atoms with Crippen molar-refractivity contribution in [1.82, 2.24) is 9.80 Å². The lowest BCUT2D eigenvalue weighted by atomic mass is 9.69. The maximum Gasteiger partial charge on any atom is 0.223 e. The van der Waals surface area contributed by atoms with Gasteiger partial charge in [0.2, 0.25) is 5.91 Å². The molecule has 1 amide bonds. The minimum Gasteiger partial charge on any atom is -0.378 e. The molecule has 1 aromatic rings.